The van der Waals surface area contributed by atoms with Crippen molar-refractivity contribution in [2.45, 2.75) is 63.5 Å². The van der Waals surface area contributed by atoms with Gasteiger partial charge in [0.1, 0.15) is 0 Å². The second-order valence-corrected chi connectivity index (χ2v) is 7.75. The van der Waals surface area contributed by atoms with Crippen LogP contribution in [0.5, 0.6) is 0 Å². The van der Waals surface area contributed by atoms with Crippen LogP contribution in [0.2, 0.25) is 0 Å². The van der Waals surface area contributed by atoms with Gasteiger partial charge >= 0.3 is 0 Å². The Morgan fingerprint density at radius 2 is 1.92 bits per heavy atom. The predicted octanol–water partition coefficient (Wildman–Crippen LogP) is 2.19. The van der Waals surface area contributed by atoms with E-state index in [1.165, 1.54) is 45.2 Å². The van der Waals surface area contributed by atoms with Gasteiger partial charge in [-0.25, -0.2) is 0 Å². The van der Waals surface area contributed by atoms with Crippen LogP contribution in [0, 0.1) is 11.8 Å². The van der Waals surface area contributed by atoms with Crippen molar-refractivity contribution >= 4 is 29.9 Å². The predicted molar refractivity (Wildman–Crippen MR) is 110 cm³/mol. The van der Waals surface area contributed by atoms with Crippen LogP contribution >= 0.6 is 24.0 Å². The highest BCUT2D eigenvalue weighted by Gasteiger charge is 2.28. The highest BCUT2D eigenvalue weighted by atomic mass is 127. The van der Waals surface area contributed by atoms with Crippen LogP contribution in [-0.2, 0) is 0 Å². The Kier molecular flexibility index (Phi) is 8.57. The first kappa shape index (κ1) is 20.2. The quantitative estimate of drug-likeness (QED) is 0.342. The molecule has 1 aliphatic heterocycles. The molecule has 1 saturated heterocycles. The third-order valence-electron chi connectivity index (χ3n) is 5.98. The summed E-state index contributed by atoms with van der Waals surface area (Å²) in [6.07, 6.45) is 10.0. The molecule has 0 radical (unpaired) electrons. The highest BCUT2D eigenvalue weighted by Crippen LogP contribution is 2.27. The molecule has 3 fully saturated rings. The second kappa shape index (κ2) is 10.2. The number of guanidine groups is 1. The van der Waals surface area contributed by atoms with Crippen molar-refractivity contribution in [2.75, 3.05) is 33.2 Å². The Hall–Kier alpha value is -0.0800. The topological polar surface area (TPSA) is 59.9 Å². The van der Waals surface area contributed by atoms with Gasteiger partial charge < -0.3 is 20.6 Å². The van der Waals surface area contributed by atoms with E-state index in [4.69, 9.17) is 0 Å². The van der Waals surface area contributed by atoms with Gasteiger partial charge in [-0.2, -0.15) is 0 Å². The summed E-state index contributed by atoms with van der Waals surface area (Å²) in [4.78, 5) is 6.99. The molecule has 0 spiro atoms. The van der Waals surface area contributed by atoms with Gasteiger partial charge in [-0.1, -0.05) is 19.3 Å². The summed E-state index contributed by atoms with van der Waals surface area (Å²) in [6.45, 7) is 4.48. The summed E-state index contributed by atoms with van der Waals surface area (Å²) < 4.78 is 0. The van der Waals surface area contributed by atoms with Gasteiger partial charge in [0.15, 0.2) is 5.96 Å². The maximum absolute atomic E-state index is 9.92. The van der Waals surface area contributed by atoms with Gasteiger partial charge in [-0.05, 0) is 38.0 Å². The first-order chi connectivity index (χ1) is 11.2. The Balaban J connectivity index is 0.00000208. The molecule has 0 aromatic heterocycles. The van der Waals surface area contributed by atoms with E-state index in [1.807, 2.05) is 7.05 Å². The number of hydrogen-bond donors (Lipinski definition) is 3. The number of likely N-dealkylation sites (tertiary alicyclic amines) is 1. The maximum atomic E-state index is 9.92. The summed E-state index contributed by atoms with van der Waals surface area (Å²) in [7, 11) is 1.84. The number of rotatable bonds is 5. The van der Waals surface area contributed by atoms with E-state index in [9.17, 15) is 5.11 Å². The monoisotopic (exact) mass is 450 g/mol. The molecule has 1 heterocycles. The molecule has 3 N–H and O–H groups in total. The van der Waals surface area contributed by atoms with E-state index in [0.29, 0.717) is 12.0 Å². The molecule has 3 rings (SSSR count). The summed E-state index contributed by atoms with van der Waals surface area (Å²) in [5.74, 6) is 2.22. The SMILES string of the molecule is CN=C(NCC1CCCC1O)NC1CCN(CC2CCCC2)C1.I. The zero-order valence-electron chi connectivity index (χ0n) is 15.0. The lowest BCUT2D eigenvalue weighted by atomic mass is 10.1. The fourth-order valence-electron chi connectivity index (χ4n) is 4.55. The first-order valence-corrected chi connectivity index (χ1v) is 9.62. The number of aliphatic hydroxyl groups excluding tert-OH is 1. The molecule has 2 saturated carbocycles. The van der Waals surface area contributed by atoms with Crippen LogP contribution in [0.15, 0.2) is 4.99 Å². The van der Waals surface area contributed by atoms with Crippen LogP contribution in [0.1, 0.15) is 51.4 Å². The molecular weight excluding hydrogens is 415 g/mol. The first-order valence-electron chi connectivity index (χ1n) is 9.62. The average Bonchev–Trinajstić information content (AvgIpc) is 3.28. The summed E-state index contributed by atoms with van der Waals surface area (Å²) in [5, 5.41) is 16.9. The normalized spacial score (nSPS) is 32.1. The van der Waals surface area contributed by atoms with Crippen molar-refractivity contribution in [3.63, 3.8) is 0 Å². The molecule has 6 heteroatoms. The van der Waals surface area contributed by atoms with Gasteiger partial charge in [0.2, 0.25) is 0 Å². The summed E-state index contributed by atoms with van der Waals surface area (Å²) >= 11 is 0. The average molecular weight is 450 g/mol. The van der Waals surface area contributed by atoms with Crippen molar-refractivity contribution < 1.29 is 5.11 Å². The Morgan fingerprint density at radius 1 is 1.12 bits per heavy atom. The molecule has 5 nitrogen and oxygen atoms in total. The van der Waals surface area contributed by atoms with Crippen LogP contribution in [0.3, 0.4) is 0 Å². The van der Waals surface area contributed by atoms with E-state index in [2.05, 4.69) is 20.5 Å². The maximum Gasteiger partial charge on any atom is 0.191 e. The van der Waals surface area contributed by atoms with E-state index in [0.717, 1.165) is 44.2 Å². The minimum Gasteiger partial charge on any atom is -0.393 e. The smallest absolute Gasteiger partial charge is 0.191 e. The van der Waals surface area contributed by atoms with Crippen molar-refractivity contribution in [2.24, 2.45) is 16.8 Å². The van der Waals surface area contributed by atoms with Crippen LogP contribution < -0.4 is 10.6 Å². The Bertz CT molecular complexity index is 400. The lowest BCUT2D eigenvalue weighted by molar-refractivity contribution is 0.134. The van der Waals surface area contributed by atoms with Gasteiger partial charge in [0, 0.05) is 45.2 Å². The van der Waals surface area contributed by atoms with Crippen molar-refractivity contribution in [3.05, 3.63) is 0 Å². The molecule has 3 atom stereocenters. The number of hydrogen-bond acceptors (Lipinski definition) is 3. The third kappa shape index (κ3) is 5.73. The van der Waals surface area contributed by atoms with Crippen molar-refractivity contribution in [3.8, 4) is 0 Å². The number of nitrogens with zero attached hydrogens (tertiary/aromatic N) is 2. The van der Waals surface area contributed by atoms with Crippen LogP contribution in [-0.4, -0.2) is 61.3 Å². The van der Waals surface area contributed by atoms with Gasteiger partial charge in [-0.3, -0.25) is 4.99 Å². The molecule has 0 aromatic carbocycles. The molecule has 24 heavy (non-hydrogen) atoms. The van der Waals surface area contributed by atoms with E-state index in [1.54, 1.807) is 0 Å². The van der Waals surface area contributed by atoms with Gasteiger partial charge in [0.05, 0.1) is 6.10 Å². The van der Waals surface area contributed by atoms with E-state index >= 15 is 0 Å². The van der Waals surface area contributed by atoms with Crippen molar-refractivity contribution in [1.29, 1.82) is 0 Å². The molecular formula is C18H35IN4O. The highest BCUT2D eigenvalue weighted by molar-refractivity contribution is 14.0. The molecule has 0 amide bonds. The zero-order chi connectivity index (χ0) is 16.1. The van der Waals surface area contributed by atoms with Crippen LogP contribution in [0.25, 0.3) is 0 Å². The van der Waals surface area contributed by atoms with Gasteiger partial charge in [-0.15, -0.1) is 24.0 Å². The van der Waals surface area contributed by atoms with E-state index < -0.39 is 0 Å². The standard InChI is InChI=1S/C18H34N4O.HI/c1-19-18(20-11-15-7-4-8-17(15)23)21-16-9-10-22(13-16)12-14-5-2-3-6-14;/h14-17,23H,2-13H2,1H3,(H2,19,20,21);1H. The third-order valence-corrected chi connectivity index (χ3v) is 5.98. The van der Waals surface area contributed by atoms with Gasteiger partial charge in [0.25, 0.3) is 0 Å². The van der Waals surface area contributed by atoms with E-state index in [-0.39, 0.29) is 30.1 Å². The lowest BCUT2D eigenvalue weighted by Gasteiger charge is -2.22. The number of aliphatic hydroxyl groups is 1. The minimum atomic E-state index is -0.131. The fourth-order valence-corrected chi connectivity index (χ4v) is 4.55. The molecule has 3 unspecified atom stereocenters. The Morgan fingerprint density at radius 3 is 2.58 bits per heavy atom. The summed E-state index contributed by atoms with van der Waals surface area (Å²) in [5.41, 5.74) is 0. The largest absolute Gasteiger partial charge is 0.393 e. The zero-order valence-corrected chi connectivity index (χ0v) is 17.4. The molecule has 2 aliphatic carbocycles. The number of nitrogens with one attached hydrogen (secondary N) is 2. The molecule has 0 bridgehead atoms. The minimum absolute atomic E-state index is 0. The lowest BCUT2D eigenvalue weighted by Crippen LogP contribution is -2.46. The molecule has 3 aliphatic rings. The second-order valence-electron chi connectivity index (χ2n) is 7.75. The number of halogens is 1. The fraction of sp³-hybridized carbons (Fsp3) is 0.944. The van der Waals surface area contributed by atoms with Crippen LogP contribution in [0.4, 0.5) is 0 Å². The van der Waals surface area contributed by atoms with Crippen molar-refractivity contribution in [1.82, 2.24) is 15.5 Å². The summed E-state index contributed by atoms with van der Waals surface area (Å²) in [6, 6.07) is 0.510. The molecule has 140 valence electrons. The number of aliphatic imine (C=N–C) groups is 1. The molecule has 0 aromatic rings. The Labute approximate surface area is 164 Å².